The van der Waals surface area contributed by atoms with Gasteiger partial charge in [0.05, 0.1) is 6.04 Å². The predicted molar refractivity (Wildman–Crippen MR) is 106 cm³/mol. The van der Waals surface area contributed by atoms with Crippen molar-refractivity contribution in [3.8, 4) is 0 Å². The summed E-state index contributed by atoms with van der Waals surface area (Å²) in [6.45, 7) is 7.62. The van der Waals surface area contributed by atoms with Crippen molar-refractivity contribution < 1.29 is 4.79 Å². The quantitative estimate of drug-likeness (QED) is 0.833. The predicted octanol–water partition coefficient (Wildman–Crippen LogP) is 2.55. The number of nitrogens with one attached hydrogen (secondary N) is 1. The Morgan fingerprint density at radius 1 is 0.923 bits per heavy atom. The van der Waals surface area contributed by atoms with Crippen molar-refractivity contribution in [3.05, 3.63) is 71.8 Å². The largest absolute Gasteiger partial charge is 0.354 e. The summed E-state index contributed by atoms with van der Waals surface area (Å²) in [5, 5.41) is 3.09. The molecule has 0 saturated carbocycles. The van der Waals surface area contributed by atoms with Crippen LogP contribution in [-0.4, -0.2) is 54.5 Å². The molecule has 26 heavy (non-hydrogen) atoms. The van der Waals surface area contributed by atoms with E-state index >= 15 is 0 Å². The molecule has 3 rings (SSSR count). The van der Waals surface area contributed by atoms with Gasteiger partial charge in [0.2, 0.25) is 5.91 Å². The Labute approximate surface area is 156 Å². The van der Waals surface area contributed by atoms with E-state index in [4.69, 9.17) is 0 Å². The Hall–Kier alpha value is -2.17. The highest BCUT2D eigenvalue weighted by atomic mass is 16.2. The van der Waals surface area contributed by atoms with Crippen LogP contribution in [0.3, 0.4) is 0 Å². The Balaban J connectivity index is 1.38. The van der Waals surface area contributed by atoms with Gasteiger partial charge in [-0.05, 0) is 24.5 Å². The first-order valence-electron chi connectivity index (χ1n) is 9.54. The molecule has 1 saturated heterocycles. The lowest BCUT2D eigenvalue weighted by atomic mass is 10.1. The number of amides is 1. The molecule has 0 bridgehead atoms. The number of nitrogens with zero attached hydrogens (tertiary/aromatic N) is 2. The lowest BCUT2D eigenvalue weighted by molar-refractivity contribution is -0.126. The van der Waals surface area contributed by atoms with Crippen LogP contribution in [0.1, 0.15) is 18.1 Å². The van der Waals surface area contributed by atoms with E-state index in [1.165, 1.54) is 11.1 Å². The van der Waals surface area contributed by atoms with Crippen LogP contribution in [0.25, 0.3) is 0 Å². The lowest BCUT2D eigenvalue weighted by Crippen LogP contribution is -2.53. The third-order valence-corrected chi connectivity index (χ3v) is 5.14. The molecule has 1 heterocycles. The smallest absolute Gasteiger partial charge is 0.237 e. The van der Waals surface area contributed by atoms with Crippen LogP contribution in [0.2, 0.25) is 0 Å². The maximum atomic E-state index is 12.4. The minimum absolute atomic E-state index is 0.0651. The van der Waals surface area contributed by atoms with Crippen molar-refractivity contribution in [2.75, 3.05) is 32.7 Å². The topological polar surface area (TPSA) is 35.6 Å². The summed E-state index contributed by atoms with van der Waals surface area (Å²) in [6.07, 6.45) is 0.879. The molecule has 4 nitrogen and oxygen atoms in total. The molecule has 0 unspecified atom stereocenters. The van der Waals surface area contributed by atoms with Gasteiger partial charge >= 0.3 is 0 Å². The Morgan fingerprint density at radius 2 is 1.50 bits per heavy atom. The molecule has 1 aliphatic rings. The molecule has 1 aliphatic heterocycles. The third-order valence-electron chi connectivity index (χ3n) is 5.14. The molecule has 1 fully saturated rings. The van der Waals surface area contributed by atoms with E-state index in [-0.39, 0.29) is 11.9 Å². The van der Waals surface area contributed by atoms with Gasteiger partial charge in [0.15, 0.2) is 0 Å². The van der Waals surface area contributed by atoms with Crippen molar-refractivity contribution in [2.24, 2.45) is 0 Å². The minimum Gasteiger partial charge on any atom is -0.354 e. The molecular weight excluding hydrogens is 322 g/mol. The molecule has 138 valence electrons. The summed E-state index contributed by atoms with van der Waals surface area (Å²) in [7, 11) is 0. The lowest BCUT2D eigenvalue weighted by Gasteiger charge is -2.37. The second kappa shape index (κ2) is 9.51. The molecule has 0 radical (unpaired) electrons. The average molecular weight is 351 g/mol. The van der Waals surface area contributed by atoms with Crippen molar-refractivity contribution in [1.82, 2.24) is 15.1 Å². The zero-order valence-corrected chi connectivity index (χ0v) is 15.6. The number of carbonyl (C=O) groups excluding carboxylic acids is 1. The molecule has 4 heteroatoms. The number of rotatable bonds is 7. The highest BCUT2D eigenvalue weighted by Gasteiger charge is 2.25. The first-order chi connectivity index (χ1) is 12.7. The molecule has 1 N–H and O–H groups in total. The van der Waals surface area contributed by atoms with Crippen LogP contribution >= 0.6 is 0 Å². The number of piperazine rings is 1. The number of carbonyl (C=O) groups is 1. The van der Waals surface area contributed by atoms with Gasteiger partial charge < -0.3 is 5.32 Å². The second-order valence-corrected chi connectivity index (χ2v) is 7.00. The van der Waals surface area contributed by atoms with Crippen molar-refractivity contribution in [2.45, 2.75) is 25.9 Å². The summed E-state index contributed by atoms with van der Waals surface area (Å²) in [6, 6.07) is 20.8. The van der Waals surface area contributed by atoms with Crippen LogP contribution in [-0.2, 0) is 17.8 Å². The molecule has 0 aromatic heterocycles. The number of hydrogen-bond acceptors (Lipinski definition) is 3. The van der Waals surface area contributed by atoms with Gasteiger partial charge in [-0.1, -0.05) is 60.7 Å². The fourth-order valence-electron chi connectivity index (χ4n) is 3.44. The fourth-order valence-corrected chi connectivity index (χ4v) is 3.44. The standard InChI is InChI=1S/C22H29N3O/c1-19(22(26)23-13-12-20-8-4-2-5-9-20)25-16-14-24(15-17-25)18-21-10-6-3-7-11-21/h2-11,19H,12-18H2,1H3,(H,23,26)/t19-/m0/s1. The van der Waals surface area contributed by atoms with Gasteiger partial charge in [0, 0.05) is 39.3 Å². The van der Waals surface area contributed by atoms with E-state index in [1.54, 1.807) is 0 Å². The Kier molecular flexibility index (Phi) is 6.81. The van der Waals surface area contributed by atoms with E-state index in [2.05, 4.69) is 57.6 Å². The van der Waals surface area contributed by atoms with Crippen LogP contribution < -0.4 is 5.32 Å². The number of benzene rings is 2. The molecule has 0 aliphatic carbocycles. The van der Waals surface area contributed by atoms with Gasteiger partial charge in [0.1, 0.15) is 0 Å². The summed E-state index contributed by atoms with van der Waals surface area (Å²) in [5.41, 5.74) is 2.61. The summed E-state index contributed by atoms with van der Waals surface area (Å²) >= 11 is 0. The van der Waals surface area contributed by atoms with E-state index < -0.39 is 0 Å². The Morgan fingerprint density at radius 3 is 2.12 bits per heavy atom. The van der Waals surface area contributed by atoms with E-state index in [0.717, 1.165) is 39.1 Å². The fraction of sp³-hybridized carbons (Fsp3) is 0.409. The van der Waals surface area contributed by atoms with Crippen LogP contribution in [0.4, 0.5) is 0 Å². The van der Waals surface area contributed by atoms with Crippen molar-refractivity contribution in [3.63, 3.8) is 0 Å². The first-order valence-corrected chi connectivity index (χ1v) is 9.54. The summed E-state index contributed by atoms with van der Waals surface area (Å²) in [4.78, 5) is 17.2. The molecule has 0 spiro atoms. The van der Waals surface area contributed by atoms with E-state index in [0.29, 0.717) is 6.54 Å². The van der Waals surface area contributed by atoms with Crippen LogP contribution in [0.15, 0.2) is 60.7 Å². The Bertz CT molecular complexity index is 666. The SMILES string of the molecule is C[C@@H](C(=O)NCCc1ccccc1)N1CCN(Cc2ccccc2)CC1. The summed E-state index contributed by atoms with van der Waals surface area (Å²) in [5.74, 6) is 0.137. The minimum atomic E-state index is -0.0651. The van der Waals surface area contributed by atoms with Crippen molar-refractivity contribution >= 4 is 5.91 Å². The van der Waals surface area contributed by atoms with E-state index in [1.807, 2.05) is 25.1 Å². The van der Waals surface area contributed by atoms with Gasteiger partial charge in [-0.3, -0.25) is 14.6 Å². The monoisotopic (exact) mass is 351 g/mol. The average Bonchev–Trinajstić information content (AvgIpc) is 2.69. The van der Waals surface area contributed by atoms with Gasteiger partial charge in [0.25, 0.3) is 0 Å². The van der Waals surface area contributed by atoms with Gasteiger partial charge in [-0.15, -0.1) is 0 Å². The van der Waals surface area contributed by atoms with Crippen LogP contribution in [0, 0.1) is 0 Å². The molecule has 2 aromatic carbocycles. The molecule has 1 amide bonds. The molecule has 2 aromatic rings. The first kappa shape index (κ1) is 18.6. The highest BCUT2D eigenvalue weighted by Crippen LogP contribution is 2.10. The maximum Gasteiger partial charge on any atom is 0.237 e. The van der Waals surface area contributed by atoms with Crippen LogP contribution in [0.5, 0.6) is 0 Å². The second-order valence-electron chi connectivity index (χ2n) is 7.00. The zero-order valence-electron chi connectivity index (χ0n) is 15.6. The third kappa shape index (κ3) is 5.41. The maximum absolute atomic E-state index is 12.4. The van der Waals surface area contributed by atoms with E-state index in [9.17, 15) is 4.79 Å². The summed E-state index contributed by atoms with van der Waals surface area (Å²) < 4.78 is 0. The number of hydrogen-bond donors (Lipinski definition) is 1. The highest BCUT2D eigenvalue weighted by molar-refractivity contribution is 5.81. The van der Waals surface area contributed by atoms with Gasteiger partial charge in [-0.25, -0.2) is 0 Å². The van der Waals surface area contributed by atoms with Gasteiger partial charge in [-0.2, -0.15) is 0 Å². The molecular formula is C22H29N3O. The van der Waals surface area contributed by atoms with Crippen molar-refractivity contribution in [1.29, 1.82) is 0 Å². The zero-order chi connectivity index (χ0) is 18.2. The normalized spacial score (nSPS) is 17.0. The molecule has 1 atom stereocenters.